The standard InChI is InChI=1S/C25H48F2O2/c1-4-7-10-13-14-17-20-23(19-16-12-9-6-3)22-29-24(28)25(26,27)21-18-15-11-8-5-2/h23H,4-22H2,1-3H3. The van der Waals surface area contributed by atoms with Crippen LogP contribution in [0, 0.1) is 5.92 Å². The Balaban J connectivity index is 4.27. The molecular weight excluding hydrogens is 370 g/mol. The molecule has 174 valence electrons. The number of hydrogen-bond acceptors (Lipinski definition) is 2. The number of unbranched alkanes of at least 4 members (excludes halogenated alkanes) is 12. The van der Waals surface area contributed by atoms with Gasteiger partial charge in [-0.3, -0.25) is 0 Å². The molecule has 0 radical (unpaired) electrons. The van der Waals surface area contributed by atoms with E-state index in [2.05, 4.69) is 20.8 Å². The van der Waals surface area contributed by atoms with Gasteiger partial charge >= 0.3 is 11.9 Å². The Hall–Kier alpha value is -0.670. The Morgan fingerprint density at radius 2 is 1.10 bits per heavy atom. The smallest absolute Gasteiger partial charge is 0.376 e. The van der Waals surface area contributed by atoms with E-state index in [1.54, 1.807) is 0 Å². The third-order valence-corrected chi connectivity index (χ3v) is 5.77. The summed E-state index contributed by atoms with van der Waals surface area (Å²) in [5.74, 6) is -4.42. The minimum Gasteiger partial charge on any atom is -0.461 e. The lowest BCUT2D eigenvalue weighted by Gasteiger charge is -2.20. The number of rotatable bonds is 21. The highest BCUT2D eigenvalue weighted by molar-refractivity contribution is 5.77. The lowest BCUT2D eigenvalue weighted by molar-refractivity contribution is -0.174. The fourth-order valence-electron chi connectivity index (χ4n) is 3.74. The maximum Gasteiger partial charge on any atom is 0.376 e. The van der Waals surface area contributed by atoms with Gasteiger partial charge in [0.1, 0.15) is 0 Å². The molecule has 1 atom stereocenters. The molecule has 0 aromatic heterocycles. The van der Waals surface area contributed by atoms with Crippen molar-refractivity contribution in [3.8, 4) is 0 Å². The Bertz CT molecular complexity index is 372. The van der Waals surface area contributed by atoms with Gasteiger partial charge in [0.05, 0.1) is 6.61 Å². The van der Waals surface area contributed by atoms with Gasteiger partial charge in [-0.25, -0.2) is 4.79 Å². The molecule has 29 heavy (non-hydrogen) atoms. The molecule has 0 aliphatic rings. The van der Waals surface area contributed by atoms with Crippen LogP contribution in [-0.4, -0.2) is 18.5 Å². The van der Waals surface area contributed by atoms with Crippen LogP contribution in [0.25, 0.3) is 0 Å². The summed E-state index contributed by atoms with van der Waals surface area (Å²) in [6, 6.07) is 0. The predicted octanol–water partition coefficient (Wildman–Crippen LogP) is 8.86. The van der Waals surface area contributed by atoms with E-state index >= 15 is 0 Å². The Morgan fingerprint density at radius 3 is 1.62 bits per heavy atom. The summed E-state index contributed by atoms with van der Waals surface area (Å²) >= 11 is 0. The Kier molecular flexibility index (Phi) is 18.9. The number of halogens is 2. The molecule has 0 aromatic carbocycles. The Labute approximate surface area is 179 Å². The highest BCUT2D eigenvalue weighted by Crippen LogP contribution is 2.26. The van der Waals surface area contributed by atoms with Crippen LogP contribution in [0.2, 0.25) is 0 Å². The summed E-state index contributed by atoms with van der Waals surface area (Å²) < 4.78 is 33.3. The first kappa shape index (κ1) is 28.3. The van der Waals surface area contributed by atoms with E-state index in [0.717, 1.165) is 51.4 Å². The van der Waals surface area contributed by atoms with E-state index < -0.39 is 11.9 Å². The van der Waals surface area contributed by atoms with Crippen LogP contribution in [-0.2, 0) is 9.53 Å². The van der Waals surface area contributed by atoms with Gasteiger partial charge in [-0.15, -0.1) is 0 Å². The minimum atomic E-state index is -3.33. The van der Waals surface area contributed by atoms with Gasteiger partial charge in [0, 0.05) is 6.42 Å². The van der Waals surface area contributed by atoms with Crippen molar-refractivity contribution in [2.24, 2.45) is 5.92 Å². The molecule has 0 rings (SSSR count). The van der Waals surface area contributed by atoms with Crippen molar-refractivity contribution in [1.29, 1.82) is 0 Å². The SMILES string of the molecule is CCCCCCCCC(CCCCCC)COC(=O)C(F)(F)CCCCCCC. The number of carbonyl (C=O) groups is 1. The van der Waals surface area contributed by atoms with Crippen LogP contribution in [0.15, 0.2) is 0 Å². The quantitative estimate of drug-likeness (QED) is 0.137. The van der Waals surface area contributed by atoms with E-state index in [1.807, 2.05) is 0 Å². The van der Waals surface area contributed by atoms with Crippen LogP contribution >= 0.6 is 0 Å². The zero-order valence-electron chi connectivity index (χ0n) is 19.6. The molecular formula is C25H48F2O2. The molecule has 0 aliphatic heterocycles. The number of esters is 1. The first-order valence-corrected chi connectivity index (χ1v) is 12.5. The zero-order chi connectivity index (χ0) is 21.8. The van der Waals surface area contributed by atoms with E-state index in [9.17, 15) is 13.6 Å². The maximum absolute atomic E-state index is 14.1. The summed E-state index contributed by atoms with van der Waals surface area (Å²) in [5, 5.41) is 0. The molecule has 2 nitrogen and oxygen atoms in total. The van der Waals surface area contributed by atoms with Crippen molar-refractivity contribution in [2.75, 3.05) is 6.61 Å². The van der Waals surface area contributed by atoms with Crippen LogP contribution in [0.3, 0.4) is 0 Å². The van der Waals surface area contributed by atoms with Gasteiger partial charge in [-0.1, -0.05) is 111 Å². The molecule has 0 amide bonds. The number of ether oxygens (including phenoxy) is 1. The number of carbonyl (C=O) groups excluding carboxylic acids is 1. The summed E-state index contributed by atoms with van der Waals surface area (Å²) in [6.07, 6.45) is 17.8. The number of hydrogen-bond donors (Lipinski definition) is 0. The summed E-state index contributed by atoms with van der Waals surface area (Å²) in [6.45, 7) is 6.64. The fraction of sp³-hybridized carbons (Fsp3) is 0.960. The van der Waals surface area contributed by atoms with Crippen molar-refractivity contribution in [1.82, 2.24) is 0 Å². The molecule has 0 fully saturated rings. The van der Waals surface area contributed by atoms with E-state index in [4.69, 9.17) is 4.74 Å². The molecule has 0 bridgehead atoms. The first-order chi connectivity index (χ1) is 14.0. The third kappa shape index (κ3) is 16.8. The van der Waals surface area contributed by atoms with Crippen LogP contribution < -0.4 is 0 Å². The van der Waals surface area contributed by atoms with Gasteiger partial charge in [-0.05, 0) is 25.2 Å². The fourth-order valence-corrected chi connectivity index (χ4v) is 3.74. The monoisotopic (exact) mass is 418 g/mol. The average molecular weight is 419 g/mol. The topological polar surface area (TPSA) is 26.3 Å². The number of alkyl halides is 2. The van der Waals surface area contributed by atoms with Crippen molar-refractivity contribution < 1.29 is 18.3 Å². The molecule has 0 saturated carbocycles. The molecule has 0 aliphatic carbocycles. The van der Waals surface area contributed by atoms with Crippen molar-refractivity contribution in [2.45, 2.75) is 142 Å². The van der Waals surface area contributed by atoms with E-state index in [-0.39, 0.29) is 18.9 Å². The lowest BCUT2D eigenvalue weighted by atomic mass is 9.95. The van der Waals surface area contributed by atoms with Crippen molar-refractivity contribution >= 4 is 5.97 Å². The van der Waals surface area contributed by atoms with Gasteiger partial charge in [-0.2, -0.15) is 8.78 Å². The molecule has 0 heterocycles. The van der Waals surface area contributed by atoms with Crippen LogP contribution in [0.5, 0.6) is 0 Å². The predicted molar refractivity (Wildman–Crippen MR) is 120 cm³/mol. The maximum atomic E-state index is 14.1. The average Bonchev–Trinajstić information content (AvgIpc) is 2.70. The largest absolute Gasteiger partial charge is 0.461 e. The van der Waals surface area contributed by atoms with Gasteiger partial charge in [0.25, 0.3) is 0 Å². The molecule has 1 unspecified atom stereocenters. The van der Waals surface area contributed by atoms with Crippen molar-refractivity contribution in [3.05, 3.63) is 0 Å². The molecule has 0 N–H and O–H groups in total. The second-order valence-corrected chi connectivity index (χ2v) is 8.74. The second kappa shape index (κ2) is 19.3. The lowest BCUT2D eigenvalue weighted by Crippen LogP contribution is -2.32. The summed E-state index contributed by atoms with van der Waals surface area (Å²) in [7, 11) is 0. The van der Waals surface area contributed by atoms with E-state index in [1.165, 1.54) is 51.4 Å². The van der Waals surface area contributed by atoms with Crippen LogP contribution in [0.1, 0.15) is 136 Å². The van der Waals surface area contributed by atoms with Crippen molar-refractivity contribution in [3.63, 3.8) is 0 Å². The highest BCUT2D eigenvalue weighted by atomic mass is 19.3. The third-order valence-electron chi connectivity index (χ3n) is 5.77. The molecule has 0 saturated heterocycles. The molecule has 0 spiro atoms. The van der Waals surface area contributed by atoms with Gasteiger partial charge < -0.3 is 4.74 Å². The summed E-state index contributed by atoms with van der Waals surface area (Å²) in [5.41, 5.74) is 0. The van der Waals surface area contributed by atoms with E-state index in [0.29, 0.717) is 6.42 Å². The normalized spacial score (nSPS) is 12.9. The zero-order valence-corrected chi connectivity index (χ0v) is 19.6. The van der Waals surface area contributed by atoms with Crippen LogP contribution in [0.4, 0.5) is 8.78 Å². The highest BCUT2D eigenvalue weighted by Gasteiger charge is 2.40. The molecule has 4 heteroatoms. The first-order valence-electron chi connectivity index (χ1n) is 12.5. The summed E-state index contributed by atoms with van der Waals surface area (Å²) in [4.78, 5) is 11.9. The second-order valence-electron chi connectivity index (χ2n) is 8.74. The minimum absolute atomic E-state index is 0.158. The van der Waals surface area contributed by atoms with Gasteiger partial charge in [0.15, 0.2) is 0 Å². The Morgan fingerprint density at radius 1 is 0.690 bits per heavy atom. The van der Waals surface area contributed by atoms with Gasteiger partial charge in [0.2, 0.25) is 0 Å². The molecule has 0 aromatic rings.